The van der Waals surface area contributed by atoms with Crippen molar-refractivity contribution in [1.82, 2.24) is 4.90 Å². The fourth-order valence-electron chi connectivity index (χ4n) is 3.11. The first kappa shape index (κ1) is 25.9. The first-order valence-electron chi connectivity index (χ1n) is 10.9. The van der Waals surface area contributed by atoms with Crippen LogP contribution >= 0.6 is 23.4 Å². The molecule has 9 heteroatoms. The van der Waals surface area contributed by atoms with E-state index in [-0.39, 0.29) is 12.0 Å². The van der Waals surface area contributed by atoms with Gasteiger partial charge in [-0.1, -0.05) is 18.5 Å². The van der Waals surface area contributed by atoms with E-state index in [9.17, 15) is 4.79 Å². The van der Waals surface area contributed by atoms with Crippen LogP contribution in [0.15, 0.2) is 46.3 Å². The van der Waals surface area contributed by atoms with E-state index >= 15 is 0 Å². The third-order valence-corrected chi connectivity index (χ3v) is 6.44. The molecule has 182 valence electrons. The molecule has 0 aliphatic carbocycles. The molecule has 0 N–H and O–H groups in total. The average Bonchev–Trinajstić information content (AvgIpc) is 3.12. The lowest BCUT2D eigenvalue weighted by Gasteiger charge is -2.17. The number of hydrogen-bond acceptors (Lipinski definition) is 7. The maximum Gasteiger partial charge on any atom is 0.266 e. The molecule has 0 saturated carbocycles. The number of halogens is 1. The molecular formula is C25H29ClN2O5S. The van der Waals surface area contributed by atoms with Crippen LogP contribution in [0.4, 0.5) is 5.69 Å². The molecule has 0 radical (unpaired) electrons. The Morgan fingerprint density at radius 2 is 1.88 bits per heavy atom. The van der Waals surface area contributed by atoms with Crippen molar-refractivity contribution in [2.45, 2.75) is 26.4 Å². The van der Waals surface area contributed by atoms with Crippen LogP contribution in [0.2, 0.25) is 5.02 Å². The molecule has 1 heterocycles. The third kappa shape index (κ3) is 6.25. The molecule has 2 aromatic rings. The standard InChI is InChI=1S/C25H29ClN2O5S/c1-6-16(2)33-23-20(26)13-17(14-21(23)32-5)15-22-24(29)28(11-12-30-3)25(34-22)27-18-7-9-19(31-4)10-8-18/h7-10,13-16H,6,11-12H2,1-5H3/b22-15-,27-25?/t16-/m0/s1. The number of ether oxygens (including phenoxy) is 4. The van der Waals surface area contributed by atoms with Crippen LogP contribution in [0.5, 0.6) is 17.2 Å². The molecule has 1 aliphatic rings. The second kappa shape index (κ2) is 12.1. The molecule has 1 fully saturated rings. The molecule has 0 bridgehead atoms. The maximum absolute atomic E-state index is 13.2. The summed E-state index contributed by atoms with van der Waals surface area (Å²) >= 11 is 7.81. The Balaban J connectivity index is 1.94. The molecule has 0 aromatic heterocycles. The second-order valence-electron chi connectivity index (χ2n) is 7.52. The number of rotatable bonds is 10. The Kier molecular flexibility index (Phi) is 9.27. The van der Waals surface area contributed by atoms with Gasteiger partial charge in [-0.25, -0.2) is 4.99 Å². The molecule has 34 heavy (non-hydrogen) atoms. The van der Waals surface area contributed by atoms with Crippen LogP contribution in [0.1, 0.15) is 25.8 Å². The maximum atomic E-state index is 13.2. The number of nitrogens with zero attached hydrogens (tertiary/aromatic N) is 2. The zero-order chi connectivity index (χ0) is 24.7. The van der Waals surface area contributed by atoms with Crippen LogP contribution < -0.4 is 14.2 Å². The molecule has 1 aliphatic heterocycles. The van der Waals surface area contributed by atoms with Gasteiger partial charge in [-0.15, -0.1) is 0 Å². The van der Waals surface area contributed by atoms with E-state index in [0.717, 1.165) is 23.4 Å². The number of carbonyl (C=O) groups is 1. The van der Waals surface area contributed by atoms with Crippen molar-refractivity contribution in [2.24, 2.45) is 4.99 Å². The summed E-state index contributed by atoms with van der Waals surface area (Å²) in [5.74, 6) is 1.60. The van der Waals surface area contributed by atoms with Gasteiger partial charge in [0.1, 0.15) is 5.75 Å². The predicted octanol–water partition coefficient (Wildman–Crippen LogP) is 5.78. The number of carbonyl (C=O) groups excluding carboxylic acids is 1. The van der Waals surface area contributed by atoms with Crippen LogP contribution in [-0.2, 0) is 9.53 Å². The van der Waals surface area contributed by atoms with Gasteiger partial charge < -0.3 is 18.9 Å². The fraction of sp³-hybridized carbons (Fsp3) is 0.360. The van der Waals surface area contributed by atoms with Gasteiger partial charge in [-0.05, 0) is 73.1 Å². The van der Waals surface area contributed by atoms with Crippen LogP contribution in [0.25, 0.3) is 6.08 Å². The lowest BCUT2D eigenvalue weighted by Crippen LogP contribution is -2.32. The van der Waals surface area contributed by atoms with Gasteiger partial charge >= 0.3 is 0 Å². The summed E-state index contributed by atoms with van der Waals surface area (Å²) in [5.41, 5.74) is 1.45. The summed E-state index contributed by atoms with van der Waals surface area (Å²) in [6.07, 6.45) is 2.61. The molecular weight excluding hydrogens is 476 g/mol. The molecule has 1 atom stereocenters. The minimum atomic E-state index is -0.149. The molecule has 1 amide bonds. The summed E-state index contributed by atoms with van der Waals surface area (Å²) < 4.78 is 21.8. The van der Waals surface area contributed by atoms with Gasteiger partial charge in [0, 0.05) is 7.11 Å². The minimum absolute atomic E-state index is 0.00589. The smallest absolute Gasteiger partial charge is 0.266 e. The molecule has 3 rings (SSSR count). The summed E-state index contributed by atoms with van der Waals surface area (Å²) in [7, 11) is 4.77. The summed E-state index contributed by atoms with van der Waals surface area (Å²) in [4.78, 5) is 20.0. The van der Waals surface area contributed by atoms with E-state index < -0.39 is 0 Å². The lowest BCUT2D eigenvalue weighted by atomic mass is 10.1. The molecule has 0 unspecified atom stereocenters. The van der Waals surface area contributed by atoms with Gasteiger partial charge in [-0.2, -0.15) is 0 Å². The third-order valence-electron chi connectivity index (χ3n) is 5.15. The first-order valence-corrected chi connectivity index (χ1v) is 12.1. The number of aliphatic imine (C=N–C) groups is 1. The lowest BCUT2D eigenvalue weighted by molar-refractivity contribution is -0.122. The van der Waals surface area contributed by atoms with E-state index in [0.29, 0.717) is 39.7 Å². The Labute approximate surface area is 209 Å². The van der Waals surface area contributed by atoms with Crippen LogP contribution in [0, 0.1) is 0 Å². The van der Waals surface area contributed by atoms with Crippen LogP contribution in [0.3, 0.4) is 0 Å². The monoisotopic (exact) mass is 504 g/mol. The number of benzene rings is 2. The van der Waals surface area contributed by atoms with Crippen molar-refractivity contribution >= 4 is 46.2 Å². The van der Waals surface area contributed by atoms with E-state index in [4.69, 9.17) is 30.5 Å². The van der Waals surface area contributed by atoms with Gasteiger partial charge in [-0.3, -0.25) is 9.69 Å². The van der Waals surface area contributed by atoms with Crippen molar-refractivity contribution in [3.05, 3.63) is 51.9 Å². The van der Waals surface area contributed by atoms with E-state index in [1.165, 1.54) is 11.8 Å². The highest BCUT2D eigenvalue weighted by atomic mass is 35.5. The van der Waals surface area contributed by atoms with Gasteiger partial charge in [0.15, 0.2) is 16.7 Å². The van der Waals surface area contributed by atoms with Crippen molar-refractivity contribution < 1.29 is 23.7 Å². The quantitative estimate of drug-likeness (QED) is 0.382. The van der Waals surface area contributed by atoms with Crippen molar-refractivity contribution in [1.29, 1.82) is 0 Å². The fourth-order valence-corrected chi connectivity index (χ4v) is 4.40. The average molecular weight is 505 g/mol. The number of amidine groups is 1. The van der Waals surface area contributed by atoms with E-state index in [2.05, 4.69) is 4.99 Å². The molecule has 7 nitrogen and oxygen atoms in total. The van der Waals surface area contributed by atoms with Gasteiger partial charge in [0.25, 0.3) is 5.91 Å². The Morgan fingerprint density at radius 1 is 1.15 bits per heavy atom. The largest absolute Gasteiger partial charge is 0.497 e. The summed E-state index contributed by atoms with van der Waals surface area (Å²) in [6, 6.07) is 10.9. The zero-order valence-electron chi connectivity index (χ0n) is 20.0. The number of methoxy groups -OCH3 is 3. The Bertz CT molecular complexity index is 1070. The van der Waals surface area contributed by atoms with E-state index in [1.54, 1.807) is 38.4 Å². The van der Waals surface area contributed by atoms with E-state index in [1.807, 2.05) is 44.2 Å². The van der Waals surface area contributed by atoms with Crippen molar-refractivity contribution in [3.63, 3.8) is 0 Å². The second-order valence-corrected chi connectivity index (χ2v) is 8.94. The summed E-state index contributed by atoms with van der Waals surface area (Å²) in [5, 5.41) is 0.999. The summed E-state index contributed by atoms with van der Waals surface area (Å²) in [6.45, 7) is 4.79. The van der Waals surface area contributed by atoms with Gasteiger partial charge in [0.05, 0.1) is 49.1 Å². The Morgan fingerprint density at radius 3 is 2.50 bits per heavy atom. The molecule has 0 spiro atoms. The Hall–Kier alpha value is -2.68. The molecule has 2 aromatic carbocycles. The zero-order valence-corrected chi connectivity index (χ0v) is 21.5. The van der Waals surface area contributed by atoms with Gasteiger partial charge in [0.2, 0.25) is 0 Å². The topological polar surface area (TPSA) is 69.6 Å². The highest BCUT2D eigenvalue weighted by molar-refractivity contribution is 8.18. The minimum Gasteiger partial charge on any atom is -0.497 e. The normalized spacial score (nSPS) is 16.9. The SMILES string of the molecule is CC[C@H](C)Oc1c(Cl)cc(/C=C2\SC(=Nc3ccc(OC)cc3)N(CCOC)C2=O)cc1OC. The first-order chi connectivity index (χ1) is 16.4. The number of hydrogen-bond donors (Lipinski definition) is 0. The highest BCUT2D eigenvalue weighted by Crippen LogP contribution is 2.40. The van der Waals surface area contributed by atoms with Crippen LogP contribution in [-0.4, -0.2) is 56.6 Å². The molecule has 1 saturated heterocycles. The predicted molar refractivity (Wildman–Crippen MR) is 138 cm³/mol. The number of amides is 1. The van der Waals surface area contributed by atoms with Crippen molar-refractivity contribution in [2.75, 3.05) is 34.5 Å². The van der Waals surface area contributed by atoms with Crippen molar-refractivity contribution in [3.8, 4) is 17.2 Å². The number of thioether (sulfide) groups is 1. The highest BCUT2D eigenvalue weighted by Gasteiger charge is 2.33.